The maximum absolute atomic E-state index is 11.7. The van der Waals surface area contributed by atoms with Crippen molar-refractivity contribution in [2.45, 2.75) is 12.8 Å². The summed E-state index contributed by atoms with van der Waals surface area (Å²) in [6.07, 6.45) is 3.29. The van der Waals surface area contributed by atoms with E-state index in [0.717, 1.165) is 24.0 Å². The summed E-state index contributed by atoms with van der Waals surface area (Å²) in [5.74, 6) is 0.539. The predicted molar refractivity (Wildman–Crippen MR) is 66.0 cm³/mol. The Labute approximate surface area is 100 Å². The van der Waals surface area contributed by atoms with Crippen molar-refractivity contribution in [1.29, 1.82) is 0 Å². The van der Waals surface area contributed by atoms with Crippen molar-refractivity contribution in [2.24, 2.45) is 0 Å². The second-order valence-electron chi connectivity index (χ2n) is 4.03. The van der Waals surface area contributed by atoms with Gasteiger partial charge in [0.1, 0.15) is 0 Å². The molecule has 0 atom stereocenters. The molecule has 1 fully saturated rings. The van der Waals surface area contributed by atoms with Crippen molar-refractivity contribution in [2.75, 3.05) is 7.11 Å². The zero-order valence-corrected chi connectivity index (χ0v) is 9.69. The first kappa shape index (κ1) is 11.5. The third kappa shape index (κ3) is 2.23. The van der Waals surface area contributed by atoms with Crippen molar-refractivity contribution < 1.29 is 14.6 Å². The van der Waals surface area contributed by atoms with Crippen LogP contribution in [0.2, 0.25) is 0 Å². The summed E-state index contributed by atoms with van der Waals surface area (Å²) in [4.78, 5) is 11.7. The van der Waals surface area contributed by atoms with Gasteiger partial charge in [0.25, 0.3) is 0 Å². The minimum Gasteiger partial charge on any atom is -0.504 e. The first-order chi connectivity index (χ1) is 8.11. The number of phenols is 1. The van der Waals surface area contributed by atoms with Gasteiger partial charge in [-0.3, -0.25) is 4.79 Å². The fourth-order valence-electron chi connectivity index (χ4n) is 1.86. The fourth-order valence-corrected chi connectivity index (χ4v) is 1.86. The van der Waals surface area contributed by atoms with Gasteiger partial charge in [-0.05, 0) is 42.2 Å². The molecule has 1 aliphatic rings. The average molecular weight is 230 g/mol. The van der Waals surface area contributed by atoms with Crippen molar-refractivity contribution in [1.82, 2.24) is 0 Å². The van der Waals surface area contributed by atoms with Gasteiger partial charge in [0, 0.05) is 5.57 Å². The Morgan fingerprint density at radius 3 is 2.76 bits per heavy atom. The second-order valence-corrected chi connectivity index (χ2v) is 4.03. The first-order valence-electron chi connectivity index (χ1n) is 5.42. The molecular formula is C14H14O3. The molecule has 1 saturated carbocycles. The van der Waals surface area contributed by atoms with Crippen LogP contribution in [0.5, 0.6) is 11.5 Å². The predicted octanol–water partition coefficient (Wildman–Crippen LogP) is 2.70. The van der Waals surface area contributed by atoms with E-state index >= 15 is 0 Å². The Balaban J connectivity index is 2.33. The third-order valence-electron chi connectivity index (χ3n) is 2.85. The van der Waals surface area contributed by atoms with Gasteiger partial charge < -0.3 is 9.84 Å². The molecular weight excluding hydrogens is 216 g/mol. The van der Waals surface area contributed by atoms with Crippen molar-refractivity contribution >= 4 is 11.9 Å². The van der Waals surface area contributed by atoms with Crippen LogP contribution in [0.4, 0.5) is 0 Å². The van der Waals surface area contributed by atoms with Crippen molar-refractivity contribution in [3.8, 4) is 11.5 Å². The van der Waals surface area contributed by atoms with Gasteiger partial charge in [0.2, 0.25) is 0 Å². The average Bonchev–Trinajstić information content (AvgIpc) is 2.63. The van der Waals surface area contributed by atoms with Crippen LogP contribution < -0.4 is 4.74 Å². The Morgan fingerprint density at radius 1 is 1.41 bits per heavy atom. The normalized spacial score (nSPS) is 17.8. The van der Waals surface area contributed by atoms with Crippen LogP contribution in [0, 0.1) is 0 Å². The van der Waals surface area contributed by atoms with E-state index in [1.165, 1.54) is 7.11 Å². The van der Waals surface area contributed by atoms with E-state index in [2.05, 4.69) is 6.58 Å². The standard InChI is InChI=1S/C14H14O3/c1-9-3-5-11(14(9)16)7-10-4-6-12(15)13(8-10)17-2/h4,6-8,15H,1,3,5H2,2H3/b11-7+. The number of phenolic OH excluding ortho intramolecular Hbond substituents is 1. The monoisotopic (exact) mass is 230 g/mol. The molecule has 0 spiro atoms. The van der Waals surface area contributed by atoms with Crippen LogP contribution in [0.25, 0.3) is 6.08 Å². The van der Waals surface area contributed by atoms with Crippen LogP contribution in [0.1, 0.15) is 18.4 Å². The number of rotatable bonds is 2. The number of carbonyl (C=O) groups is 1. The van der Waals surface area contributed by atoms with Crippen LogP contribution >= 0.6 is 0 Å². The Hall–Kier alpha value is -2.03. The Morgan fingerprint density at radius 2 is 2.18 bits per heavy atom. The highest BCUT2D eigenvalue weighted by Crippen LogP contribution is 2.30. The van der Waals surface area contributed by atoms with E-state index < -0.39 is 0 Å². The van der Waals surface area contributed by atoms with E-state index in [4.69, 9.17) is 4.74 Å². The minimum atomic E-state index is 0.0389. The number of aromatic hydroxyl groups is 1. The number of Topliss-reactive ketones (excluding diaryl/α,β-unsaturated/α-hetero) is 1. The summed E-state index contributed by atoms with van der Waals surface area (Å²) in [7, 11) is 1.49. The van der Waals surface area contributed by atoms with Gasteiger partial charge in [-0.2, -0.15) is 0 Å². The Kier molecular flexibility index (Phi) is 3.00. The zero-order valence-electron chi connectivity index (χ0n) is 9.69. The molecule has 1 N–H and O–H groups in total. The number of hydrogen-bond donors (Lipinski definition) is 1. The van der Waals surface area contributed by atoms with Gasteiger partial charge in [-0.25, -0.2) is 0 Å². The quantitative estimate of drug-likeness (QED) is 0.794. The first-order valence-corrected chi connectivity index (χ1v) is 5.42. The molecule has 0 bridgehead atoms. The molecule has 0 aliphatic heterocycles. The lowest BCUT2D eigenvalue weighted by Crippen LogP contribution is -1.94. The fraction of sp³-hybridized carbons (Fsp3) is 0.214. The lowest BCUT2D eigenvalue weighted by atomic mass is 10.1. The smallest absolute Gasteiger partial charge is 0.184 e. The summed E-state index contributed by atoms with van der Waals surface area (Å²) >= 11 is 0. The van der Waals surface area contributed by atoms with Gasteiger partial charge >= 0.3 is 0 Å². The van der Waals surface area contributed by atoms with Crippen molar-refractivity contribution in [3.63, 3.8) is 0 Å². The number of ether oxygens (including phenoxy) is 1. The highest BCUT2D eigenvalue weighted by atomic mass is 16.5. The van der Waals surface area contributed by atoms with E-state index in [0.29, 0.717) is 11.3 Å². The molecule has 0 unspecified atom stereocenters. The molecule has 1 aromatic carbocycles. The number of allylic oxidation sites excluding steroid dienone is 2. The zero-order chi connectivity index (χ0) is 12.4. The highest BCUT2D eigenvalue weighted by Gasteiger charge is 2.20. The third-order valence-corrected chi connectivity index (χ3v) is 2.85. The molecule has 1 aromatic rings. The lowest BCUT2D eigenvalue weighted by Gasteiger charge is -2.04. The maximum Gasteiger partial charge on any atom is 0.184 e. The van der Waals surface area contributed by atoms with Gasteiger partial charge in [0.15, 0.2) is 17.3 Å². The summed E-state index contributed by atoms with van der Waals surface area (Å²) in [5, 5.41) is 9.46. The molecule has 0 radical (unpaired) electrons. The summed E-state index contributed by atoms with van der Waals surface area (Å²) in [5.41, 5.74) is 2.28. The molecule has 0 heterocycles. The summed E-state index contributed by atoms with van der Waals surface area (Å²) in [6, 6.07) is 5.01. The molecule has 0 amide bonds. The van der Waals surface area contributed by atoms with Crippen molar-refractivity contribution in [3.05, 3.63) is 41.5 Å². The summed E-state index contributed by atoms with van der Waals surface area (Å²) in [6.45, 7) is 3.72. The second kappa shape index (κ2) is 4.45. The maximum atomic E-state index is 11.7. The van der Waals surface area contributed by atoms with Crippen LogP contribution in [-0.4, -0.2) is 18.0 Å². The molecule has 0 saturated heterocycles. The SMILES string of the molecule is C=C1CC/C(=C\c2ccc(O)c(OC)c2)C1=O. The van der Waals surface area contributed by atoms with E-state index in [1.54, 1.807) is 18.2 Å². The van der Waals surface area contributed by atoms with Crippen LogP contribution in [0.3, 0.4) is 0 Å². The lowest BCUT2D eigenvalue weighted by molar-refractivity contribution is -0.111. The number of hydrogen-bond acceptors (Lipinski definition) is 3. The van der Waals surface area contributed by atoms with Gasteiger partial charge in [0.05, 0.1) is 7.11 Å². The number of benzene rings is 1. The minimum absolute atomic E-state index is 0.0389. The van der Waals surface area contributed by atoms with Crippen LogP contribution in [-0.2, 0) is 4.79 Å². The molecule has 17 heavy (non-hydrogen) atoms. The topological polar surface area (TPSA) is 46.5 Å². The number of ketones is 1. The molecule has 3 nitrogen and oxygen atoms in total. The van der Waals surface area contributed by atoms with Gasteiger partial charge in [-0.1, -0.05) is 12.6 Å². The van der Waals surface area contributed by atoms with Crippen LogP contribution in [0.15, 0.2) is 35.9 Å². The largest absolute Gasteiger partial charge is 0.504 e. The van der Waals surface area contributed by atoms with E-state index in [-0.39, 0.29) is 11.5 Å². The molecule has 3 heteroatoms. The van der Waals surface area contributed by atoms with E-state index in [9.17, 15) is 9.90 Å². The molecule has 2 rings (SSSR count). The molecule has 1 aliphatic carbocycles. The highest BCUT2D eigenvalue weighted by molar-refractivity contribution is 6.12. The number of methoxy groups -OCH3 is 1. The summed E-state index contributed by atoms with van der Waals surface area (Å²) < 4.78 is 5.02. The molecule has 0 aromatic heterocycles. The number of carbonyl (C=O) groups excluding carboxylic acids is 1. The molecule has 88 valence electrons. The Bertz CT molecular complexity index is 512. The van der Waals surface area contributed by atoms with Gasteiger partial charge in [-0.15, -0.1) is 0 Å². The van der Waals surface area contributed by atoms with E-state index in [1.807, 2.05) is 6.08 Å².